The molecule has 0 fully saturated rings. The van der Waals surface area contributed by atoms with Crippen LogP contribution in [0.2, 0.25) is 10.0 Å². The molecule has 0 saturated heterocycles. The fourth-order valence-electron chi connectivity index (χ4n) is 2.86. The minimum atomic E-state index is -3.63. The molecule has 2 aromatic carbocycles. The molecular weight excluding hydrogens is 379 g/mol. The van der Waals surface area contributed by atoms with Crippen LogP contribution in [0.3, 0.4) is 0 Å². The van der Waals surface area contributed by atoms with Gasteiger partial charge >= 0.3 is 0 Å². The number of hydrogen-bond acceptors (Lipinski definition) is 2. The summed E-state index contributed by atoms with van der Waals surface area (Å²) in [6, 6.07) is 10.5. The van der Waals surface area contributed by atoms with E-state index in [1.165, 1.54) is 23.8 Å². The zero-order valence-corrected chi connectivity index (χ0v) is 16.2. The SMILES string of the molecule is Cc1ccc2[nH]c(C)c(CCNS(=O)(=O)c3ccc(Cl)c(Cl)c3)c2c1. The molecule has 0 radical (unpaired) electrons. The van der Waals surface area contributed by atoms with E-state index in [1.807, 2.05) is 19.9 Å². The molecule has 0 saturated carbocycles. The maximum absolute atomic E-state index is 12.4. The molecule has 0 spiro atoms. The molecule has 3 rings (SSSR count). The molecule has 1 aromatic heterocycles. The Morgan fingerprint density at radius 3 is 2.52 bits per heavy atom. The molecular formula is C18H18Cl2N2O2S. The first-order valence-corrected chi connectivity index (χ1v) is 10.0. The van der Waals surface area contributed by atoms with Crippen LogP contribution in [0.25, 0.3) is 10.9 Å². The van der Waals surface area contributed by atoms with Gasteiger partial charge in [-0.2, -0.15) is 0 Å². The Morgan fingerprint density at radius 1 is 1.04 bits per heavy atom. The van der Waals surface area contributed by atoms with Crippen LogP contribution >= 0.6 is 23.2 Å². The highest BCUT2D eigenvalue weighted by molar-refractivity contribution is 7.89. The number of halogens is 2. The zero-order chi connectivity index (χ0) is 18.2. The van der Waals surface area contributed by atoms with E-state index in [4.69, 9.17) is 23.2 Å². The van der Waals surface area contributed by atoms with Gasteiger partial charge in [0.05, 0.1) is 14.9 Å². The summed E-state index contributed by atoms with van der Waals surface area (Å²) in [7, 11) is -3.63. The predicted molar refractivity (Wildman–Crippen MR) is 103 cm³/mol. The highest BCUT2D eigenvalue weighted by Crippen LogP contribution is 2.25. The van der Waals surface area contributed by atoms with Crippen LogP contribution < -0.4 is 4.72 Å². The van der Waals surface area contributed by atoms with E-state index in [9.17, 15) is 8.42 Å². The molecule has 0 aliphatic rings. The van der Waals surface area contributed by atoms with E-state index in [0.29, 0.717) is 18.0 Å². The first kappa shape index (κ1) is 18.3. The molecule has 0 amide bonds. The van der Waals surface area contributed by atoms with Gasteiger partial charge in [-0.15, -0.1) is 0 Å². The maximum atomic E-state index is 12.4. The van der Waals surface area contributed by atoms with E-state index < -0.39 is 10.0 Å². The maximum Gasteiger partial charge on any atom is 0.240 e. The van der Waals surface area contributed by atoms with Crippen LogP contribution in [0.5, 0.6) is 0 Å². The third kappa shape index (κ3) is 3.85. The topological polar surface area (TPSA) is 62.0 Å². The predicted octanol–water partition coefficient (Wildman–Crippen LogP) is 4.61. The van der Waals surface area contributed by atoms with Gasteiger partial charge in [-0.25, -0.2) is 13.1 Å². The second-order valence-corrected chi connectivity index (χ2v) is 8.58. The lowest BCUT2D eigenvalue weighted by atomic mass is 10.1. The van der Waals surface area contributed by atoms with Crippen molar-refractivity contribution < 1.29 is 8.42 Å². The van der Waals surface area contributed by atoms with Crippen LogP contribution in [0, 0.1) is 13.8 Å². The molecule has 7 heteroatoms. The fourth-order valence-corrected chi connectivity index (χ4v) is 4.28. The Kier molecular flexibility index (Phi) is 5.11. The van der Waals surface area contributed by atoms with Crippen molar-refractivity contribution in [2.45, 2.75) is 25.2 Å². The molecule has 0 unspecified atom stereocenters. The Balaban J connectivity index is 1.77. The van der Waals surface area contributed by atoms with Gasteiger partial charge in [-0.05, 0) is 56.2 Å². The Bertz CT molecular complexity index is 1040. The number of sulfonamides is 1. The summed E-state index contributed by atoms with van der Waals surface area (Å²) in [5.41, 5.74) is 4.40. The number of aromatic amines is 1. The standard InChI is InChI=1S/C18H18Cl2N2O2S/c1-11-3-6-18-15(9-11)14(12(2)22-18)7-8-21-25(23,24)13-4-5-16(19)17(20)10-13/h3-6,9-10,21-22H,7-8H2,1-2H3. The molecule has 132 valence electrons. The average molecular weight is 397 g/mol. The summed E-state index contributed by atoms with van der Waals surface area (Å²) < 4.78 is 27.4. The van der Waals surface area contributed by atoms with Crippen LogP contribution in [0.15, 0.2) is 41.3 Å². The Morgan fingerprint density at radius 2 is 1.80 bits per heavy atom. The number of H-pyrrole nitrogens is 1. The number of rotatable bonds is 5. The summed E-state index contributed by atoms with van der Waals surface area (Å²) in [4.78, 5) is 3.44. The molecule has 4 nitrogen and oxygen atoms in total. The fraction of sp³-hybridized carbons (Fsp3) is 0.222. The number of benzene rings is 2. The molecule has 0 aliphatic heterocycles. The molecule has 25 heavy (non-hydrogen) atoms. The van der Waals surface area contributed by atoms with E-state index in [-0.39, 0.29) is 9.92 Å². The molecule has 0 bridgehead atoms. The number of hydrogen-bond donors (Lipinski definition) is 2. The quantitative estimate of drug-likeness (QED) is 0.660. The number of aryl methyl sites for hydroxylation is 2. The van der Waals surface area contributed by atoms with Gasteiger partial charge in [0.2, 0.25) is 10.0 Å². The largest absolute Gasteiger partial charge is 0.358 e. The van der Waals surface area contributed by atoms with Crippen LogP contribution in [0.1, 0.15) is 16.8 Å². The summed E-state index contributed by atoms with van der Waals surface area (Å²) in [5.74, 6) is 0. The van der Waals surface area contributed by atoms with E-state index in [1.54, 1.807) is 0 Å². The van der Waals surface area contributed by atoms with E-state index >= 15 is 0 Å². The second kappa shape index (κ2) is 7.00. The third-order valence-corrected chi connectivity index (χ3v) is 6.34. The normalized spacial score (nSPS) is 12.0. The van der Waals surface area contributed by atoms with Crippen molar-refractivity contribution in [1.82, 2.24) is 9.71 Å². The van der Waals surface area contributed by atoms with Gasteiger partial charge in [0.1, 0.15) is 0 Å². The molecule has 0 aliphatic carbocycles. The van der Waals surface area contributed by atoms with Crippen molar-refractivity contribution >= 4 is 44.1 Å². The van der Waals surface area contributed by atoms with Gasteiger partial charge in [0, 0.05) is 23.1 Å². The number of fused-ring (bicyclic) bond motifs is 1. The number of nitrogens with one attached hydrogen (secondary N) is 2. The first-order valence-electron chi connectivity index (χ1n) is 7.80. The van der Waals surface area contributed by atoms with Crippen molar-refractivity contribution in [1.29, 1.82) is 0 Å². The summed E-state index contributed by atoms with van der Waals surface area (Å²) in [5, 5.41) is 1.67. The molecule has 2 N–H and O–H groups in total. The Hall–Kier alpha value is -1.53. The minimum absolute atomic E-state index is 0.105. The van der Waals surface area contributed by atoms with E-state index in [2.05, 4.69) is 21.8 Å². The molecule has 0 atom stereocenters. The van der Waals surface area contributed by atoms with E-state index in [0.717, 1.165) is 22.2 Å². The highest BCUT2D eigenvalue weighted by atomic mass is 35.5. The lowest BCUT2D eigenvalue weighted by Gasteiger charge is -2.08. The Labute approximate surface area is 157 Å². The smallest absolute Gasteiger partial charge is 0.240 e. The lowest BCUT2D eigenvalue weighted by Crippen LogP contribution is -2.26. The average Bonchev–Trinajstić information content (AvgIpc) is 2.85. The summed E-state index contributed by atoms with van der Waals surface area (Å²) in [6.45, 7) is 4.33. The van der Waals surface area contributed by atoms with Crippen molar-refractivity contribution in [2.24, 2.45) is 0 Å². The van der Waals surface area contributed by atoms with Crippen molar-refractivity contribution in [2.75, 3.05) is 6.54 Å². The second-order valence-electron chi connectivity index (χ2n) is 6.00. The third-order valence-electron chi connectivity index (χ3n) is 4.14. The lowest BCUT2D eigenvalue weighted by molar-refractivity contribution is 0.581. The summed E-state index contributed by atoms with van der Waals surface area (Å²) in [6.07, 6.45) is 0.593. The molecule has 3 aromatic rings. The van der Waals surface area contributed by atoms with Gasteiger partial charge < -0.3 is 4.98 Å². The monoisotopic (exact) mass is 396 g/mol. The first-order chi connectivity index (χ1) is 11.8. The minimum Gasteiger partial charge on any atom is -0.358 e. The van der Waals surface area contributed by atoms with Gasteiger partial charge in [0.25, 0.3) is 0 Å². The van der Waals surface area contributed by atoms with Gasteiger partial charge in [0.15, 0.2) is 0 Å². The number of aromatic nitrogens is 1. The van der Waals surface area contributed by atoms with Crippen LogP contribution in [0.4, 0.5) is 0 Å². The van der Waals surface area contributed by atoms with Crippen LogP contribution in [-0.4, -0.2) is 19.9 Å². The van der Waals surface area contributed by atoms with Crippen LogP contribution in [-0.2, 0) is 16.4 Å². The van der Waals surface area contributed by atoms with Crippen molar-refractivity contribution in [3.05, 3.63) is 63.3 Å². The van der Waals surface area contributed by atoms with Gasteiger partial charge in [-0.3, -0.25) is 0 Å². The summed E-state index contributed by atoms with van der Waals surface area (Å²) >= 11 is 11.7. The zero-order valence-electron chi connectivity index (χ0n) is 13.9. The highest BCUT2D eigenvalue weighted by Gasteiger charge is 2.16. The van der Waals surface area contributed by atoms with Crippen molar-refractivity contribution in [3.8, 4) is 0 Å². The van der Waals surface area contributed by atoms with Crippen molar-refractivity contribution in [3.63, 3.8) is 0 Å². The molecule has 1 heterocycles. The van der Waals surface area contributed by atoms with Gasteiger partial charge in [-0.1, -0.05) is 34.8 Å².